The van der Waals surface area contributed by atoms with Gasteiger partial charge in [0.2, 0.25) is 5.91 Å². The second-order valence-corrected chi connectivity index (χ2v) is 8.65. The zero-order chi connectivity index (χ0) is 24.9. The third kappa shape index (κ3) is 5.39. The van der Waals surface area contributed by atoms with E-state index in [0.29, 0.717) is 33.8 Å². The standard InChI is InChI=1S/C26H24ClN3O4S/c1-33-19-11-7-17(8-12-19)16-29-23(15-24(31)28-22-6-4-3-5-21(22)27)25(32)30(26(29)35)18-9-13-20(34-2)14-10-18/h3-14,23H,15-16H2,1-2H3,(H,28,31)/t23-/m1/s1. The Kier molecular flexibility index (Phi) is 7.53. The average molecular weight is 510 g/mol. The number of amides is 2. The molecular weight excluding hydrogens is 486 g/mol. The van der Waals surface area contributed by atoms with Gasteiger partial charge in [-0.1, -0.05) is 35.9 Å². The molecule has 0 saturated carbocycles. The summed E-state index contributed by atoms with van der Waals surface area (Å²) in [6.07, 6.45) is -0.0903. The molecular formula is C26H24ClN3O4S. The van der Waals surface area contributed by atoms with Gasteiger partial charge in [0.05, 0.1) is 37.0 Å². The fourth-order valence-electron chi connectivity index (χ4n) is 3.85. The summed E-state index contributed by atoms with van der Waals surface area (Å²) in [6, 6.07) is 20.7. The number of rotatable bonds is 8. The van der Waals surface area contributed by atoms with Crippen LogP contribution in [0.5, 0.6) is 11.5 Å². The molecule has 0 unspecified atom stereocenters. The molecule has 0 radical (unpaired) electrons. The Balaban J connectivity index is 1.61. The lowest BCUT2D eigenvalue weighted by Crippen LogP contribution is -2.37. The molecule has 0 aliphatic carbocycles. The minimum atomic E-state index is -0.783. The van der Waals surface area contributed by atoms with Crippen LogP contribution in [0, 0.1) is 0 Å². The summed E-state index contributed by atoms with van der Waals surface area (Å²) in [4.78, 5) is 29.7. The number of hydrogen-bond acceptors (Lipinski definition) is 5. The zero-order valence-electron chi connectivity index (χ0n) is 19.2. The van der Waals surface area contributed by atoms with Crippen LogP contribution >= 0.6 is 23.8 Å². The van der Waals surface area contributed by atoms with Crippen molar-refractivity contribution in [3.05, 3.63) is 83.4 Å². The number of methoxy groups -OCH3 is 2. The van der Waals surface area contributed by atoms with Crippen LogP contribution in [0.3, 0.4) is 0 Å². The van der Waals surface area contributed by atoms with Crippen molar-refractivity contribution in [3.8, 4) is 11.5 Å². The van der Waals surface area contributed by atoms with Crippen LogP contribution in [-0.2, 0) is 16.1 Å². The van der Waals surface area contributed by atoms with Crippen LogP contribution in [0.2, 0.25) is 5.02 Å². The predicted octanol–water partition coefficient (Wildman–Crippen LogP) is 4.89. The topological polar surface area (TPSA) is 71.1 Å². The monoisotopic (exact) mass is 509 g/mol. The van der Waals surface area contributed by atoms with E-state index >= 15 is 0 Å². The number of nitrogens with zero attached hydrogens (tertiary/aromatic N) is 2. The van der Waals surface area contributed by atoms with Crippen molar-refractivity contribution in [2.75, 3.05) is 24.4 Å². The third-order valence-corrected chi connectivity index (χ3v) is 6.43. The first-order valence-corrected chi connectivity index (χ1v) is 11.7. The Hall–Kier alpha value is -3.62. The van der Waals surface area contributed by atoms with Gasteiger partial charge in [-0.3, -0.25) is 14.5 Å². The highest BCUT2D eigenvalue weighted by Crippen LogP contribution is 2.30. The summed E-state index contributed by atoms with van der Waals surface area (Å²) in [5.74, 6) is 0.778. The molecule has 1 aliphatic heterocycles. The van der Waals surface area contributed by atoms with Gasteiger partial charge in [-0.25, -0.2) is 0 Å². The summed E-state index contributed by atoms with van der Waals surface area (Å²) in [7, 11) is 3.18. The maximum Gasteiger partial charge on any atom is 0.256 e. The number of benzene rings is 3. The molecule has 7 nitrogen and oxygen atoms in total. The molecule has 0 aromatic heterocycles. The highest BCUT2D eigenvalue weighted by Gasteiger charge is 2.44. The predicted molar refractivity (Wildman–Crippen MR) is 140 cm³/mol. The van der Waals surface area contributed by atoms with Crippen LogP contribution in [0.1, 0.15) is 12.0 Å². The van der Waals surface area contributed by atoms with Crippen molar-refractivity contribution in [2.45, 2.75) is 19.0 Å². The number of hydrogen-bond donors (Lipinski definition) is 1. The summed E-state index contributed by atoms with van der Waals surface area (Å²) >= 11 is 11.9. The number of nitrogens with one attached hydrogen (secondary N) is 1. The first kappa shape index (κ1) is 24.5. The lowest BCUT2D eigenvalue weighted by molar-refractivity contribution is -0.124. The first-order chi connectivity index (χ1) is 16.9. The van der Waals surface area contributed by atoms with Gasteiger partial charge < -0.3 is 19.7 Å². The molecule has 2 amide bonds. The van der Waals surface area contributed by atoms with Crippen LogP contribution in [0.25, 0.3) is 0 Å². The van der Waals surface area contributed by atoms with Gasteiger partial charge in [0, 0.05) is 6.54 Å². The van der Waals surface area contributed by atoms with E-state index < -0.39 is 6.04 Å². The van der Waals surface area contributed by atoms with Crippen LogP contribution < -0.4 is 19.7 Å². The van der Waals surface area contributed by atoms with Gasteiger partial charge >= 0.3 is 0 Å². The molecule has 1 atom stereocenters. The van der Waals surface area contributed by atoms with E-state index in [1.165, 1.54) is 4.90 Å². The van der Waals surface area contributed by atoms with Crippen molar-refractivity contribution in [2.24, 2.45) is 0 Å². The molecule has 4 rings (SSSR count). The van der Waals surface area contributed by atoms with E-state index in [1.807, 2.05) is 24.3 Å². The molecule has 0 spiro atoms. The average Bonchev–Trinajstić information content (AvgIpc) is 3.09. The van der Waals surface area contributed by atoms with Gasteiger partial charge in [0.25, 0.3) is 5.91 Å². The number of carbonyl (C=O) groups excluding carboxylic acids is 2. The molecule has 35 heavy (non-hydrogen) atoms. The Morgan fingerprint density at radius 1 is 0.971 bits per heavy atom. The lowest BCUT2D eigenvalue weighted by atomic mass is 10.1. The summed E-state index contributed by atoms with van der Waals surface area (Å²) in [6.45, 7) is 0.352. The Labute approximate surface area is 214 Å². The van der Waals surface area contributed by atoms with Crippen molar-refractivity contribution in [1.29, 1.82) is 0 Å². The molecule has 180 valence electrons. The maximum absolute atomic E-state index is 13.6. The number of halogens is 1. The van der Waals surface area contributed by atoms with Crippen molar-refractivity contribution in [1.82, 2.24) is 4.90 Å². The number of carbonyl (C=O) groups is 2. The fourth-order valence-corrected chi connectivity index (χ4v) is 4.42. The number of anilines is 2. The molecule has 3 aromatic carbocycles. The smallest absolute Gasteiger partial charge is 0.256 e. The van der Waals surface area contributed by atoms with E-state index in [2.05, 4.69) is 5.32 Å². The number of para-hydroxylation sites is 1. The Morgan fingerprint density at radius 2 is 1.57 bits per heavy atom. The van der Waals surface area contributed by atoms with Gasteiger partial charge in [-0.05, 0) is 66.3 Å². The molecule has 3 aromatic rings. The fraction of sp³-hybridized carbons (Fsp3) is 0.192. The molecule has 1 fully saturated rings. The highest BCUT2D eigenvalue weighted by molar-refractivity contribution is 7.80. The SMILES string of the molecule is COc1ccc(CN2C(=S)N(c3ccc(OC)cc3)C(=O)[C@H]2CC(=O)Nc2ccccc2Cl)cc1. The van der Waals surface area contributed by atoms with Crippen molar-refractivity contribution in [3.63, 3.8) is 0 Å². The molecule has 1 N–H and O–H groups in total. The number of ether oxygens (including phenoxy) is 2. The maximum atomic E-state index is 13.6. The van der Waals surface area contributed by atoms with E-state index in [0.717, 1.165) is 11.3 Å². The number of thiocarbonyl (C=S) groups is 1. The van der Waals surface area contributed by atoms with Crippen LogP contribution in [0.4, 0.5) is 11.4 Å². The van der Waals surface area contributed by atoms with Crippen molar-refractivity contribution < 1.29 is 19.1 Å². The molecule has 1 saturated heterocycles. The summed E-state index contributed by atoms with van der Waals surface area (Å²) < 4.78 is 10.5. The van der Waals surface area contributed by atoms with E-state index in [4.69, 9.17) is 33.3 Å². The van der Waals surface area contributed by atoms with Gasteiger partial charge in [-0.15, -0.1) is 0 Å². The Morgan fingerprint density at radius 3 is 2.17 bits per heavy atom. The van der Waals surface area contributed by atoms with E-state index in [-0.39, 0.29) is 18.2 Å². The quantitative estimate of drug-likeness (QED) is 0.436. The molecule has 0 bridgehead atoms. The highest BCUT2D eigenvalue weighted by atomic mass is 35.5. The van der Waals surface area contributed by atoms with Crippen LogP contribution in [-0.4, -0.2) is 42.1 Å². The van der Waals surface area contributed by atoms with Gasteiger partial charge in [0.1, 0.15) is 17.5 Å². The molecule has 1 aliphatic rings. The zero-order valence-corrected chi connectivity index (χ0v) is 20.8. The second kappa shape index (κ2) is 10.8. The van der Waals surface area contributed by atoms with Gasteiger partial charge in [-0.2, -0.15) is 0 Å². The lowest BCUT2D eigenvalue weighted by Gasteiger charge is -2.24. The summed E-state index contributed by atoms with van der Waals surface area (Å²) in [5, 5.41) is 3.54. The van der Waals surface area contributed by atoms with Gasteiger partial charge in [0.15, 0.2) is 5.11 Å². The largest absolute Gasteiger partial charge is 0.497 e. The minimum Gasteiger partial charge on any atom is -0.497 e. The third-order valence-electron chi connectivity index (χ3n) is 5.69. The van der Waals surface area contributed by atoms with E-state index in [1.54, 1.807) is 67.7 Å². The first-order valence-electron chi connectivity index (χ1n) is 10.9. The molecule has 1 heterocycles. The molecule has 9 heteroatoms. The Bertz CT molecular complexity index is 1230. The summed E-state index contributed by atoms with van der Waals surface area (Å²) in [5.41, 5.74) is 2.02. The van der Waals surface area contributed by atoms with Crippen LogP contribution in [0.15, 0.2) is 72.8 Å². The minimum absolute atomic E-state index is 0.0903. The van der Waals surface area contributed by atoms with E-state index in [9.17, 15) is 9.59 Å². The second-order valence-electron chi connectivity index (χ2n) is 7.88. The normalized spacial score (nSPS) is 15.3. The van der Waals surface area contributed by atoms with Crippen molar-refractivity contribution >= 4 is 52.1 Å².